The maximum Gasteiger partial charge on any atom is 0.267 e. The molecule has 2 aromatic heterocycles. The Labute approximate surface area is 250 Å². The SMILES string of the molecule is Cl.NC(=O)Cc1ccc(-c2c(Oc3ccc(NC(=O)c4cccn(-c5ccc(F)cc5)c4=O)cc3F)ccnc2N)cc1. The zero-order valence-electron chi connectivity index (χ0n) is 22.3. The molecule has 0 bridgehead atoms. The minimum Gasteiger partial charge on any atom is -0.453 e. The fourth-order valence-corrected chi connectivity index (χ4v) is 4.28. The van der Waals surface area contributed by atoms with Crippen molar-refractivity contribution in [3.8, 4) is 28.3 Å². The molecule has 43 heavy (non-hydrogen) atoms. The third-order valence-electron chi connectivity index (χ3n) is 6.27. The Morgan fingerprint density at radius 2 is 1.65 bits per heavy atom. The van der Waals surface area contributed by atoms with Gasteiger partial charge in [0, 0.05) is 29.8 Å². The van der Waals surface area contributed by atoms with Crippen molar-refractivity contribution in [1.82, 2.24) is 9.55 Å². The molecule has 12 heteroatoms. The third kappa shape index (κ3) is 6.85. The lowest BCUT2D eigenvalue weighted by Gasteiger charge is -2.14. The molecule has 5 N–H and O–H groups in total. The van der Waals surface area contributed by atoms with Gasteiger partial charge in [0.2, 0.25) is 5.91 Å². The van der Waals surface area contributed by atoms with E-state index >= 15 is 4.39 Å². The molecule has 0 aliphatic heterocycles. The van der Waals surface area contributed by atoms with Gasteiger partial charge in [-0.1, -0.05) is 24.3 Å². The lowest BCUT2D eigenvalue weighted by molar-refractivity contribution is -0.117. The monoisotopic (exact) mass is 603 g/mol. The summed E-state index contributed by atoms with van der Waals surface area (Å²) < 4.78 is 35.5. The molecule has 0 atom stereocenters. The number of nitrogens with zero attached hydrogens (tertiary/aromatic N) is 2. The summed E-state index contributed by atoms with van der Waals surface area (Å²) in [5.41, 5.74) is 12.8. The molecule has 0 fully saturated rings. The second kappa shape index (κ2) is 13.0. The van der Waals surface area contributed by atoms with Crippen LogP contribution in [0, 0.1) is 11.6 Å². The summed E-state index contributed by atoms with van der Waals surface area (Å²) in [6, 6.07) is 20.3. The van der Waals surface area contributed by atoms with Gasteiger partial charge in [-0.15, -0.1) is 12.4 Å². The van der Waals surface area contributed by atoms with Crippen LogP contribution < -0.4 is 27.1 Å². The highest BCUT2D eigenvalue weighted by Crippen LogP contribution is 2.37. The van der Waals surface area contributed by atoms with Crippen LogP contribution in [0.15, 0.2) is 102 Å². The van der Waals surface area contributed by atoms with E-state index in [1.165, 1.54) is 71.6 Å². The summed E-state index contributed by atoms with van der Waals surface area (Å²) in [7, 11) is 0. The van der Waals surface area contributed by atoms with E-state index in [1.54, 1.807) is 24.3 Å². The number of aromatic nitrogens is 2. The Morgan fingerprint density at radius 1 is 0.930 bits per heavy atom. The van der Waals surface area contributed by atoms with Crippen LogP contribution in [0.3, 0.4) is 0 Å². The maximum atomic E-state index is 15.1. The molecular formula is C31H24ClF2N5O4. The number of halogens is 3. The lowest BCUT2D eigenvalue weighted by atomic mass is 10.0. The number of hydrogen-bond donors (Lipinski definition) is 3. The third-order valence-corrected chi connectivity index (χ3v) is 6.27. The normalized spacial score (nSPS) is 10.5. The van der Waals surface area contributed by atoms with Crippen LogP contribution in [0.25, 0.3) is 16.8 Å². The smallest absolute Gasteiger partial charge is 0.267 e. The summed E-state index contributed by atoms with van der Waals surface area (Å²) in [6.07, 6.45) is 2.95. The zero-order chi connectivity index (χ0) is 29.8. The summed E-state index contributed by atoms with van der Waals surface area (Å²) in [5, 5.41) is 2.51. The molecule has 5 rings (SSSR count). The number of rotatable bonds is 8. The molecular weight excluding hydrogens is 580 g/mol. The Morgan fingerprint density at radius 3 is 2.33 bits per heavy atom. The molecule has 5 aromatic rings. The Balaban J connectivity index is 0.00000423. The maximum absolute atomic E-state index is 15.1. The average Bonchev–Trinajstić information content (AvgIpc) is 2.95. The number of amides is 2. The molecule has 2 amide bonds. The number of ether oxygens (including phenoxy) is 1. The molecule has 3 aromatic carbocycles. The van der Waals surface area contributed by atoms with Gasteiger partial charge in [0.25, 0.3) is 11.5 Å². The molecule has 0 saturated carbocycles. The number of benzene rings is 3. The van der Waals surface area contributed by atoms with E-state index in [-0.39, 0.29) is 47.4 Å². The van der Waals surface area contributed by atoms with Gasteiger partial charge in [-0.25, -0.2) is 13.8 Å². The van der Waals surface area contributed by atoms with Gasteiger partial charge >= 0.3 is 0 Å². The highest BCUT2D eigenvalue weighted by atomic mass is 35.5. The van der Waals surface area contributed by atoms with E-state index in [0.717, 1.165) is 6.07 Å². The van der Waals surface area contributed by atoms with Gasteiger partial charge in [0.1, 0.15) is 22.9 Å². The minimum atomic E-state index is -0.789. The quantitative estimate of drug-likeness (QED) is 0.221. The number of primary amides is 1. The minimum absolute atomic E-state index is 0. The van der Waals surface area contributed by atoms with Crippen molar-refractivity contribution in [3.63, 3.8) is 0 Å². The molecule has 218 valence electrons. The van der Waals surface area contributed by atoms with Crippen LogP contribution in [-0.4, -0.2) is 21.4 Å². The zero-order valence-corrected chi connectivity index (χ0v) is 23.1. The Kier molecular flexibility index (Phi) is 9.17. The van der Waals surface area contributed by atoms with E-state index in [0.29, 0.717) is 22.4 Å². The van der Waals surface area contributed by atoms with Gasteiger partial charge in [0.05, 0.1) is 12.0 Å². The van der Waals surface area contributed by atoms with E-state index in [9.17, 15) is 18.8 Å². The van der Waals surface area contributed by atoms with Crippen molar-refractivity contribution in [2.75, 3.05) is 11.1 Å². The van der Waals surface area contributed by atoms with Crippen LogP contribution in [0.5, 0.6) is 11.5 Å². The number of nitrogens with one attached hydrogen (secondary N) is 1. The van der Waals surface area contributed by atoms with Crippen LogP contribution in [-0.2, 0) is 11.2 Å². The van der Waals surface area contributed by atoms with Crippen molar-refractivity contribution in [2.45, 2.75) is 6.42 Å². The first-order chi connectivity index (χ1) is 20.2. The largest absolute Gasteiger partial charge is 0.453 e. The molecule has 0 unspecified atom stereocenters. The van der Waals surface area contributed by atoms with E-state index in [4.69, 9.17) is 16.2 Å². The van der Waals surface area contributed by atoms with Crippen LogP contribution in [0.1, 0.15) is 15.9 Å². The molecule has 0 aliphatic carbocycles. The number of pyridine rings is 2. The van der Waals surface area contributed by atoms with Gasteiger partial charge in [0.15, 0.2) is 11.6 Å². The molecule has 0 aliphatic rings. The number of carbonyl (C=O) groups excluding carboxylic acids is 2. The molecule has 9 nitrogen and oxygen atoms in total. The highest BCUT2D eigenvalue weighted by Gasteiger charge is 2.17. The summed E-state index contributed by atoms with van der Waals surface area (Å²) in [5.74, 6) is -2.25. The predicted molar refractivity (Wildman–Crippen MR) is 161 cm³/mol. The number of carbonyl (C=O) groups is 2. The van der Waals surface area contributed by atoms with E-state index < -0.39 is 29.0 Å². The first-order valence-corrected chi connectivity index (χ1v) is 12.6. The number of nitrogens with two attached hydrogens (primary N) is 2. The molecule has 2 heterocycles. The van der Waals surface area contributed by atoms with Crippen LogP contribution >= 0.6 is 12.4 Å². The van der Waals surface area contributed by atoms with Crippen molar-refractivity contribution < 1.29 is 23.1 Å². The van der Waals surface area contributed by atoms with Crippen molar-refractivity contribution in [2.24, 2.45) is 5.73 Å². The lowest BCUT2D eigenvalue weighted by Crippen LogP contribution is -2.27. The molecule has 0 radical (unpaired) electrons. The van der Waals surface area contributed by atoms with Crippen LogP contribution in [0.2, 0.25) is 0 Å². The van der Waals surface area contributed by atoms with Crippen molar-refractivity contribution in [1.29, 1.82) is 0 Å². The predicted octanol–water partition coefficient (Wildman–Crippen LogP) is 5.25. The van der Waals surface area contributed by atoms with Gasteiger partial charge in [-0.3, -0.25) is 19.0 Å². The summed E-state index contributed by atoms with van der Waals surface area (Å²) >= 11 is 0. The molecule has 0 saturated heterocycles. The van der Waals surface area contributed by atoms with Crippen molar-refractivity contribution in [3.05, 3.63) is 130 Å². The first kappa shape index (κ1) is 30.4. The number of hydrogen-bond acceptors (Lipinski definition) is 6. The fraction of sp³-hybridized carbons (Fsp3) is 0.0323. The highest BCUT2D eigenvalue weighted by molar-refractivity contribution is 6.04. The average molecular weight is 604 g/mol. The summed E-state index contributed by atoms with van der Waals surface area (Å²) in [4.78, 5) is 41.1. The first-order valence-electron chi connectivity index (χ1n) is 12.6. The Hall–Kier alpha value is -5.55. The fourth-order valence-electron chi connectivity index (χ4n) is 4.28. The second-order valence-electron chi connectivity index (χ2n) is 9.18. The number of anilines is 2. The van der Waals surface area contributed by atoms with Gasteiger partial charge in [-0.05, 0) is 65.7 Å². The topological polar surface area (TPSA) is 142 Å². The summed E-state index contributed by atoms with van der Waals surface area (Å²) in [6.45, 7) is 0. The van der Waals surface area contributed by atoms with Crippen LogP contribution in [0.4, 0.5) is 20.3 Å². The standard InChI is InChI=1S/C31H23F2N5O4.ClH/c32-20-7-10-22(11-8-20)38-15-1-2-23(31(38)41)30(40)37-21-9-12-25(24(33)17-21)42-26-13-14-36-29(35)28(26)19-5-3-18(4-6-19)16-27(34)39;/h1-15,17H,16H2,(H2,34,39)(H2,35,36)(H,37,40);1H. The van der Waals surface area contributed by atoms with Gasteiger partial charge in [-0.2, -0.15) is 0 Å². The van der Waals surface area contributed by atoms with Gasteiger partial charge < -0.3 is 21.5 Å². The molecule has 0 spiro atoms. The Bertz CT molecular complexity index is 1860. The van der Waals surface area contributed by atoms with Crippen molar-refractivity contribution >= 4 is 35.7 Å². The second-order valence-corrected chi connectivity index (χ2v) is 9.18. The van der Waals surface area contributed by atoms with E-state index in [2.05, 4.69) is 10.3 Å². The number of nitrogen functional groups attached to an aromatic ring is 1. The van der Waals surface area contributed by atoms with E-state index in [1.807, 2.05) is 0 Å².